The SMILES string of the molecule is Cn1cc(CN2CCC(c3nc(-c4ccccc4O)nc(N)c3C#N)CC2)c2ccccc21. The van der Waals surface area contributed by atoms with Crippen molar-refractivity contribution in [3.05, 3.63) is 71.5 Å². The second kappa shape index (κ2) is 8.57. The van der Waals surface area contributed by atoms with Crippen LogP contribution in [0.1, 0.15) is 35.6 Å². The summed E-state index contributed by atoms with van der Waals surface area (Å²) in [5.41, 5.74) is 10.3. The Labute approximate surface area is 192 Å². The monoisotopic (exact) mass is 438 g/mol. The number of hydrogen-bond acceptors (Lipinski definition) is 6. The number of para-hydroxylation sites is 2. The molecule has 1 aliphatic heterocycles. The van der Waals surface area contributed by atoms with Crippen LogP contribution in [0.2, 0.25) is 0 Å². The quantitative estimate of drug-likeness (QED) is 0.495. The fourth-order valence-corrected chi connectivity index (χ4v) is 4.85. The third-order valence-corrected chi connectivity index (χ3v) is 6.57. The normalized spacial score (nSPS) is 15.0. The van der Waals surface area contributed by atoms with E-state index in [-0.39, 0.29) is 17.5 Å². The molecule has 166 valence electrons. The number of fused-ring (bicyclic) bond motifs is 1. The minimum atomic E-state index is 0.0949. The third-order valence-electron chi connectivity index (χ3n) is 6.57. The first-order chi connectivity index (χ1) is 16.0. The van der Waals surface area contributed by atoms with Gasteiger partial charge >= 0.3 is 0 Å². The number of nitrogens with zero attached hydrogens (tertiary/aromatic N) is 5. The Kier molecular flexibility index (Phi) is 5.45. The predicted molar refractivity (Wildman–Crippen MR) is 128 cm³/mol. The van der Waals surface area contributed by atoms with E-state index in [9.17, 15) is 10.4 Å². The molecule has 2 aromatic heterocycles. The number of nitriles is 1. The van der Waals surface area contributed by atoms with E-state index in [1.54, 1.807) is 18.2 Å². The Bertz CT molecular complexity index is 1360. The summed E-state index contributed by atoms with van der Waals surface area (Å²) in [4.78, 5) is 11.5. The summed E-state index contributed by atoms with van der Waals surface area (Å²) < 4.78 is 2.18. The molecular formula is C26H26N6O. The number of hydrogen-bond donors (Lipinski definition) is 2. The van der Waals surface area contributed by atoms with Gasteiger partial charge in [-0.15, -0.1) is 0 Å². The van der Waals surface area contributed by atoms with Crippen LogP contribution in [0, 0.1) is 11.3 Å². The first-order valence-corrected chi connectivity index (χ1v) is 11.2. The van der Waals surface area contributed by atoms with Crippen molar-refractivity contribution in [3.63, 3.8) is 0 Å². The summed E-state index contributed by atoms with van der Waals surface area (Å²) in [6.07, 6.45) is 3.99. The van der Waals surface area contributed by atoms with Crippen molar-refractivity contribution in [1.29, 1.82) is 5.26 Å². The van der Waals surface area contributed by atoms with Crippen molar-refractivity contribution in [1.82, 2.24) is 19.4 Å². The van der Waals surface area contributed by atoms with E-state index in [2.05, 4.69) is 58.0 Å². The van der Waals surface area contributed by atoms with E-state index in [4.69, 9.17) is 10.7 Å². The molecule has 0 spiro atoms. The minimum Gasteiger partial charge on any atom is -0.507 e. The van der Waals surface area contributed by atoms with Crippen LogP contribution in [0.4, 0.5) is 5.82 Å². The first kappa shape index (κ1) is 21.0. The lowest BCUT2D eigenvalue weighted by atomic mass is 9.90. The van der Waals surface area contributed by atoms with Crippen molar-refractivity contribution >= 4 is 16.7 Å². The zero-order valence-electron chi connectivity index (χ0n) is 18.6. The lowest BCUT2D eigenvalue weighted by molar-refractivity contribution is 0.204. The summed E-state index contributed by atoms with van der Waals surface area (Å²) in [5.74, 6) is 0.743. The van der Waals surface area contributed by atoms with Gasteiger partial charge in [0.1, 0.15) is 23.2 Å². The average molecular weight is 439 g/mol. The molecule has 0 atom stereocenters. The third kappa shape index (κ3) is 3.90. The number of nitrogen functional groups attached to an aromatic ring is 1. The lowest BCUT2D eigenvalue weighted by Crippen LogP contribution is -2.33. The average Bonchev–Trinajstić information content (AvgIpc) is 3.15. The number of benzene rings is 2. The van der Waals surface area contributed by atoms with Gasteiger partial charge in [-0.3, -0.25) is 4.90 Å². The second-order valence-electron chi connectivity index (χ2n) is 8.65. The molecule has 33 heavy (non-hydrogen) atoms. The number of aromatic hydroxyl groups is 1. The van der Waals surface area contributed by atoms with E-state index in [0.717, 1.165) is 32.5 Å². The maximum absolute atomic E-state index is 10.2. The van der Waals surface area contributed by atoms with E-state index in [1.165, 1.54) is 16.5 Å². The largest absolute Gasteiger partial charge is 0.507 e. The van der Waals surface area contributed by atoms with Gasteiger partial charge in [-0.1, -0.05) is 30.3 Å². The van der Waals surface area contributed by atoms with E-state index >= 15 is 0 Å². The highest BCUT2D eigenvalue weighted by Gasteiger charge is 2.27. The van der Waals surface area contributed by atoms with Crippen LogP contribution in [0.25, 0.3) is 22.3 Å². The molecule has 1 aliphatic rings. The predicted octanol–water partition coefficient (Wildman–Crippen LogP) is 4.17. The molecule has 1 fully saturated rings. The number of rotatable bonds is 4. The fourth-order valence-electron chi connectivity index (χ4n) is 4.85. The van der Waals surface area contributed by atoms with Gasteiger partial charge in [0.15, 0.2) is 5.82 Å². The van der Waals surface area contributed by atoms with Gasteiger partial charge < -0.3 is 15.4 Å². The number of phenolic OH excluding ortho intramolecular Hbond substituents is 1. The summed E-state index contributed by atoms with van der Waals surface area (Å²) in [6.45, 7) is 2.72. The van der Waals surface area contributed by atoms with Gasteiger partial charge in [0, 0.05) is 36.6 Å². The first-order valence-electron chi connectivity index (χ1n) is 11.2. The number of aryl methyl sites for hydroxylation is 1. The molecular weight excluding hydrogens is 412 g/mol. The van der Waals surface area contributed by atoms with Crippen LogP contribution in [0.3, 0.4) is 0 Å². The highest BCUT2D eigenvalue weighted by atomic mass is 16.3. The highest BCUT2D eigenvalue weighted by molar-refractivity contribution is 5.83. The summed E-state index contributed by atoms with van der Waals surface area (Å²) in [7, 11) is 2.09. The molecule has 4 aromatic rings. The fraction of sp³-hybridized carbons (Fsp3) is 0.269. The van der Waals surface area contributed by atoms with Crippen molar-refractivity contribution in [2.24, 2.45) is 7.05 Å². The van der Waals surface area contributed by atoms with Crippen LogP contribution in [-0.4, -0.2) is 37.6 Å². The van der Waals surface area contributed by atoms with Crippen LogP contribution in [-0.2, 0) is 13.6 Å². The molecule has 0 bridgehead atoms. The minimum absolute atomic E-state index is 0.0949. The van der Waals surface area contributed by atoms with Gasteiger partial charge in [0.2, 0.25) is 0 Å². The van der Waals surface area contributed by atoms with Crippen molar-refractivity contribution in [2.75, 3.05) is 18.8 Å². The molecule has 5 rings (SSSR count). The molecule has 0 radical (unpaired) electrons. The molecule has 0 amide bonds. The number of nitrogens with two attached hydrogens (primary N) is 1. The molecule has 2 aromatic carbocycles. The number of piperidine rings is 1. The van der Waals surface area contributed by atoms with Gasteiger partial charge in [-0.05, 0) is 49.7 Å². The van der Waals surface area contributed by atoms with Crippen molar-refractivity contribution in [2.45, 2.75) is 25.3 Å². The van der Waals surface area contributed by atoms with Crippen molar-refractivity contribution in [3.8, 4) is 23.2 Å². The Morgan fingerprint density at radius 2 is 1.82 bits per heavy atom. The van der Waals surface area contributed by atoms with Crippen molar-refractivity contribution < 1.29 is 5.11 Å². The Morgan fingerprint density at radius 1 is 1.09 bits per heavy atom. The Morgan fingerprint density at radius 3 is 2.58 bits per heavy atom. The number of anilines is 1. The van der Waals surface area contributed by atoms with Gasteiger partial charge in [-0.2, -0.15) is 5.26 Å². The molecule has 3 N–H and O–H groups in total. The van der Waals surface area contributed by atoms with E-state index in [1.807, 2.05) is 6.07 Å². The van der Waals surface area contributed by atoms with E-state index < -0.39 is 0 Å². The maximum atomic E-state index is 10.2. The maximum Gasteiger partial charge on any atom is 0.165 e. The van der Waals surface area contributed by atoms with Gasteiger partial charge in [0.25, 0.3) is 0 Å². The zero-order valence-corrected chi connectivity index (χ0v) is 18.6. The standard InChI is InChI=1S/C26H26N6O/c1-31-15-18(19-6-2-4-8-22(19)31)16-32-12-10-17(11-13-32)24-21(14-27)25(28)30-26(29-24)20-7-3-5-9-23(20)33/h2-9,15,17,33H,10-13,16H2,1H3,(H2,28,29,30). The highest BCUT2D eigenvalue weighted by Crippen LogP contribution is 2.34. The van der Waals surface area contributed by atoms with Gasteiger partial charge in [0.05, 0.1) is 11.3 Å². The summed E-state index contributed by atoms with van der Waals surface area (Å²) in [5, 5.41) is 21.3. The summed E-state index contributed by atoms with van der Waals surface area (Å²) in [6, 6.07) is 17.6. The molecule has 1 saturated heterocycles. The topological polar surface area (TPSA) is 104 Å². The van der Waals surface area contributed by atoms with Crippen LogP contribution >= 0.6 is 0 Å². The molecule has 3 heterocycles. The molecule has 0 unspecified atom stereocenters. The zero-order chi connectivity index (χ0) is 22.9. The lowest BCUT2D eigenvalue weighted by Gasteiger charge is -2.32. The Balaban J connectivity index is 1.37. The van der Waals surface area contributed by atoms with Crippen LogP contribution < -0.4 is 5.73 Å². The molecule has 0 saturated carbocycles. The summed E-state index contributed by atoms with van der Waals surface area (Å²) >= 11 is 0. The smallest absolute Gasteiger partial charge is 0.165 e. The second-order valence-corrected chi connectivity index (χ2v) is 8.65. The van der Waals surface area contributed by atoms with Crippen LogP contribution in [0.5, 0.6) is 5.75 Å². The van der Waals surface area contributed by atoms with Crippen LogP contribution in [0.15, 0.2) is 54.7 Å². The van der Waals surface area contributed by atoms with Gasteiger partial charge in [-0.25, -0.2) is 9.97 Å². The Hall–Kier alpha value is -3.89. The molecule has 7 heteroatoms. The molecule has 0 aliphatic carbocycles. The van der Waals surface area contributed by atoms with E-state index in [0.29, 0.717) is 22.6 Å². The number of likely N-dealkylation sites (tertiary alicyclic amines) is 1. The number of phenols is 1. The molecule has 7 nitrogen and oxygen atoms in total. The number of aromatic nitrogens is 3.